The van der Waals surface area contributed by atoms with Crippen LogP contribution in [0.3, 0.4) is 0 Å². The molecule has 128 valence electrons. The van der Waals surface area contributed by atoms with Gasteiger partial charge in [-0.2, -0.15) is 0 Å². The van der Waals surface area contributed by atoms with Crippen molar-refractivity contribution in [3.63, 3.8) is 0 Å². The lowest BCUT2D eigenvalue weighted by atomic mass is 9.78. The third kappa shape index (κ3) is 3.87. The maximum Gasteiger partial charge on any atom is 0.159 e. The van der Waals surface area contributed by atoms with Crippen molar-refractivity contribution in [2.45, 2.75) is 24.3 Å². The highest BCUT2D eigenvalue weighted by atomic mass is 32.2. The molecule has 25 heavy (non-hydrogen) atoms. The topological polar surface area (TPSA) is 9.23 Å². The number of hydrogen-bond donors (Lipinski definition) is 0. The molecule has 1 heterocycles. The Kier molecular flexibility index (Phi) is 7.05. The van der Waals surface area contributed by atoms with Gasteiger partial charge in [-0.25, -0.2) is 0 Å². The summed E-state index contributed by atoms with van der Waals surface area (Å²) in [6, 6.07) is 8.30. The molecule has 0 amide bonds. The van der Waals surface area contributed by atoms with E-state index in [2.05, 4.69) is 49.6 Å². The second-order valence-corrected chi connectivity index (χ2v) is 6.20. The molecule has 2 heteroatoms. The molecule has 0 saturated heterocycles. The molecule has 1 atom stereocenters. The summed E-state index contributed by atoms with van der Waals surface area (Å²) in [6.45, 7) is 11.7. The second-order valence-electron chi connectivity index (χ2n) is 5.43. The third-order valence-corrected chi connectivity index (χ3v) is 4.80. The van der Waals surface area contributed by atoms with Gasteiger partial charge < -0.3 is 0 Å². The van der Waals surface area contributed by atoms with Gasteiger partial charge in [0.15, 0.2) is 5.60 Å². The van der Waals surface area contributed by atoms with E-state index >= 15 is 0 Å². The van der Waals surface area contributed by atoms with Gasteiger partial charge in [-0.1, -0.05) is 92.1 Å². The van der Waals surface area contributed by atoms with Crippen LogP contribution in [0.1, 0.15) is 19.4 Å². The van der Waals surface area contributed by atoms with E-state index in [-0.39, 0.29) is 0 Å². The van der Waals surface area contributed by atoms with Crippen molar-refractivity contribution >= 4 is 12.0 Å². The van der Waals surface area contributed by atoms with E-state index in [1.165, 1.54) is 12.0 Å². The second kappa shape index (κ2) is 9.26. The Labute approximate surface area is 155 Å². The van der Waals surface area contributed by atoms with E-state index in [9.17, 15) is 0 Å². The highest BCUT2D eigenvalue weighted by Crippen LogP contribution is 2.54. The Balaban J connectivity index is 2.73. The lowest BCUT2D eigenvalue weighted by Crippen LogP contribution is -2.29. The molecule has 0 radical (unpaired) electrons. The number of fused-ring (bicyclic) bond motifs is 1. The highest BCUT2D eigenvalue weighted by Gasteiger charge is 2.45. The standard InChI is InChI=1S/C23H24OS/c1-5-9-11-16-20(14-7-3)23(19(8-4)15-10-6-2)21-17-12-13-18-22(21)25-24-23/h5-18H,2-3H2,1,4H3/b9-5-,15-10-,16-11-,19-8+,20-14+. The Bertz CT molecular complexity index is 777. The van der Waals surface area contributed by atoms with E-state index < -0.39 is 5.60 Å². The van der Waals surface area contributed by atoms with Gasteiger partial charge in [-0.3, -0.25) is 4.18 Å². The summed E-state index contributed by atoms with van der Waals surface area (Å²) in [6.07, 6.45) is 19.8. The maximum absolute atomic E-state index is 6.38. The van der Waals surface area contributed by atoms with Gasteiger partial charge in [0, 0.05) is 22.5 Å². The Morgan fingerprint density at radius 1 is 1.00 bits per heavy atom. The number of allylic oxidation sites excluding steroid dienone is 8. The van der Waals surface area contributed by atoms with Gasteiger partial charge in [-0.15, -0.1) is 0 Å². The minimum Gasteiger partial charge on any atom is -0.289 e. The highest BCUT2D eigenvalue weighted by molar-refractivity contribution is 7.95. The van der Waals surface area contributed by atoms with E-state index in [0.717, 1.165) is 21.6 Å². The summed E-state index contributed by atoms with van der Waals surface area (Å²) in [7, 11) is 0. The van der Waals surface area contributed by atoms with E-state index in [1.807, 2.05) is 50.3 Å². The lowest BCUT2D eigenvalue weighted by Gasteiger charge is -2.31. The van der Waals surface area contributed by atoms with E-state index in [4.69, 9.17) is 4.18 Å². The maximum atomic E-state index is 6.38. The van der Waals surface area contributed by atoms with Crippen LogP contribution in [0.15, 0.2) is 114 Å². The summed E-state index contributed by atoms with van der Waals surface area (Å²) in [5.74, 6) is 0. The van der Waals surface area contributed by atoms with Crippen molar-refractivity contribution in [2.75, 3.05) is 0 Å². The zero-order valence-electron chi connectivity index (χ0n) is 14.8. The van der Waals surface area contributed by atoms with Crippen molar-refractivity contribution in [1.82, 2.24) is 0 Å². The fraction of sp³-hybridized carbons (Fsp3) is 0.130. The van der Waals surface area contributed by atoms with E-state index in [1.54, 1.807) is 12.2 Å². The lowest BCUT2D eigenvalue weighted by molar-refractivity contribution is 0.203. The first kappa shape index (κ1) is 19.0. The van der Waals surface area contributed by atoms with Gasteiger partial charge in [0.25, 0.3) is 0 Å². The van der Waals surface area contributed by atoms with E-state index in [0.29, 0.717) is 0 Å². The molecular formula is C23H24OS. The van der Waals surface area contributed by atoms with Gasteiger partial charge in [-0.05, 0) is 31.1 Å². The summed E-state index contributed by atoms with van der Waals surface area (Å²) < 4.78 is 6.38. The zero-order chi connectivity index (χ0) is 18.1. The van der Waals surface area contributed by atoms with Crippen LogP contribution in [-0.2, 0) is 9.78 Å². The van der Waals surface area contributed by atoms with Crippen molar-refractivity contribution in [3.05, 3.63) is 115 Å². The fourth-order valence-corrected chi connectivity index (χ4v) is 3.77. The first-order valence-electron chi connectivity index (χ1n) is 8.28. The number of benzene rings is 1. The monoisotopic (exact) mass is 348 g/mol. The molecule has 0 saturated carbocycles. The molecule has 0 spiro atoms. The fourth-order valence-electron chi connectivity index (χ4n) is 2.83. The van der Waals surface area contributed by atoms with Crippen LogP contribution in [0.4, 0.5) is 0 Å². The predicted octanol–water partition coefficient (Wildman–Crippen LogP) is 6.85. The zero-order valence-corrected chi connectivity index (χ0v) is 15.6. The molecule has 1 nitrogen and oxygen atoms in total. The third-order valence-electron chi connectivity index (χ3n) is 3.94. The van der Waals surface area contributed by atoms with Crippen molar-refractivity contribution in [3.8, 4) is 0 Å². The molecule has 1 aliphatic rings. The normalized spacial score (nSPS) is 21.4. The van der Waals surface area contributed by atoms with Crippen LogP contribution in [0, 0.1) is 0 Å². The van der Waals surface area contributed by atoms with Crippen LogP contribution >= 0.6 is 12.0 Å². The van der Waals surface area contributed by atoms with Gasteiger partial charge in [0.1, 0.15) is 0 Å². The smallest absolute Gasteiger partial charge is 0.159 e. The molecule has 2 rings (SSSR count). The average molecular weight is 349 g/mol. The molecule has 1 aromatic rings. The van der Waals surface area contributed by atoms with Gasteiger partial charge >= 0.3 is 0 Å². The largest absolute Gasteiger partial charge is 0.289 e. The van der Waals surface area contributed by atoms with Crippen LogP contribution in [-0.4, -0.2) is 0 Å². The molecule has 0 N–H and O–H groups in total. The minimum absolute atomic E-state index is 0.679. The number of hydrogen-bond acceptors (Lipinski definition) is 2. The van der Waals surface area contributed by atoms with Crippen molar-refractivity contribution in [1.29, 1.82) is 0 Å². The molecule has 0 aromatic heterocycles. The van der Waals surface area contributed by atoms with Gasteiger partial charge in [0.05, 0.1) is 0 Å². The molecule has 1 unspecified atom stereocenters. The molecule has 1 aliphatic heterocycles. The summed E-state index contributed by atoms with van der Waals surface area (Å²) >= 11 is 1.42. The first-order chi connectivity index (χ1) is 12.2. The average Bonchev–Trinajstić information content (AvgIpc) is 3.02. The molecule has 0 fully saturated rings. The predicted molar refractivity (Wildman–Crippen MR) is 110 cm³/mol. The molecule has 0 bridgehead atoms. The minimum atomic E-state index is -0.679. The van der Waals surface area contributed by atoms with Crippen LogP contribution in [0.2, 0.25) is 0 Å². The summed E-state index contributed by atoms with van der Waals surface area (Å²) in [4.78, 5) is 1.13. The van der Waals surface area contributed by atoms with Crippen LogP contribution < -0.4 is 0 Å². The van der Waals surface area contributed by atoms with Gasteiger partial charge in [0.2, 0.25) is 0 Å². The number of rotatable bonds is 7. The first-order valence-corrected chi connectivity index (χ1v) is 9.02. The Hall–Kier alpha value is -2.29. The summed E-state index contributed by atoms with van der Waals surface area (Å²) in [5.41, 5.74) is 2.55. The SMILES string of the molecule is C=C/C=C\C(=C/C)C1(C(/C=C\C=C/C)=C/C=C)OSc2ccccc21. The Morgan fingerprint density at radius 3 is 2.44 bits per heavy atom. The van der Waals surface area contributed by atoms with Crippen LogP contribution in [0.5, 0.6) is 0 Å². The molecule has 0 aliphatic carbocycles. The van der Waals surface area contributed by atoms with Crippen molar-refractivity contribution in [2.24, 2.45) is 0 Å². The quantitative estimate of drug-likeness (QED) is 0.393. The molecular weight excluding hydrogens is 324 g/mol. The van der Waals surface area contributed by atoms with Crippen molar-refractivity contribution < 1.29 is 4.18 Å². The summed E-state index contributed by atoms with van der Waals surface area (Å²) in [5, 5.41) is 0. The van der Waals surface area contributed by atoms with Crippen LogP contribution in [0.25, 0.3) is 0 Å². The Morgan fingerprint density at radius 2 is 1.76 bits per heavy atom. The molecule has 1 aromatic carbocycles.